The molecular weight excluding hydrogens is 511 g/mol. The minimum atomic E-state index is 0. The number of aliphatic imine (C=N–C) groups is 1. The Balaban J connectivity index is 0.00000341. The van der Waals surface area contributed by atoms with Gasteiger partial charge in [0.15, 0.2) is 17.5 Å². The number of benzene rings is 1. The molecule has 8 nitrogen and oxygen atoms in total. The number of anilines is 1. The number of methoxy groups -OCH3 is 1. The first-order valence-electron chi connectivity index (χ1n) is 10.3. The number of hydrogen-bond donors (Lipinski definition) is 2. The first-order chi connectivity index (χ1) is 14.6. The second-order valence-corrected chi connectivity index (χ2v) is 6.99. The van der Waals surface area contributed by atoms with Crippen LogP contribution in [-0.4, -0.2) is 64.5 Å². The molecule has 0 bridgehead atoms. The lowest BCUT2D eigenvalue weighted by atomic mass is 10.1. The van der Waals surface area contributed by atoms with Crippen LogP contribution >= 0.6 is 24.0 Å². The lowest BCUT2D eigenvalue weighted by molar-refractivity contribution is 0.0125. The van der Waals surface area contributed by atoms with Crippen molar-refractivity contribution in [1.29, 1.82) is 0 Å². The summed E-state index contributed by atoms with van der Waals surface area (Å²) in [5.74, 6) is 3.92. The van der Waals surface area contributed by atoms with Gasteiger partial charge >= 0.3 is 0 Å². The van der Waals surface area contributed by atoms with Gasteiger partial charge in [-0.05, 0) is 38.1 Å². The third kappa shape index (κ3) is 7.01. The summed E-state index contributed by atoms with van der Waals surface area (Å²) in [6, 6.07) is 9.86. The van der Waals surface area contributed by atoms with Gasteiger partial charge in [-0.1, -0.05) is 0 Å². The van der Waals surface area contributed by atoms with Gasteiger partial charge in [-0.2, -0.15) is 0 Å². The van der Waals surface area contributed by atoms with E-state index in [1.54, 1.807) is 14.2 Å². The number of aryl methyl sites for hydroxylation is 1. The molecule has 1 aromatic carbocycles. The van der Waals surface area contributed by atoms with E-state index in [1.807, 2.05) is 44.2 Å². The number of rotatable bonds is 8. The highest BCUT2D eigenvalue weighted by atomic mass is 127. The van der Waals surface area contributed by atoms with E-state index in [2.05, 4.69) is 20.5 Å². The summed E-state index contributed by atoms with van der Waals surface area (Å²) in [6.07, 6.45) is 0. The minimum absolute atomic E-state index is 0. The van der Waals surface area contributed by atoms with Crippen LogP contribution in [0, 0.1) is 6.92 Å². The second-order valence-electron chi connectivity index (χ2n) is 6.99. The molecule has 1 aliphatic heterocycles. The molecule has 31 heavy (non-hydrogen) atoms. The topological polar surface area (TPSA) is 80.5 Å². The van der Waals surface area contributed by atoms with Crippen LogP contribution in [0.2, 0.25) is 0 Å². The summed E-state index contributed by atoms with van der Waals surface area (Å²) in [5, 5.41) is 6.75. The maximum absolute atomic E-state index is 5.94. The molecule has 1 saturated heterocycles. The van der Waals surface area contributed by atoms with E-state index >= 15 is 0 Å². The van der Waals surface area contributed by atoms with Crippen LogP contribution in [0.15, 0.2) is 39.7 Å². The number of hydrogen-bond acceptors (Lipinski definition) is 6. The molecule has 0 amide bonds. The Morgan fingerprint density at radius 1 is 1.19 bits per heavy atom. The molecule has 3 rings (SSSR count). The maximum atomic E-state index is 5.94. The number of halogens is 1. The molecule has 1 aliphatic rings. The Kier molecular flexibility index (Phi) is 10.4. The van der Waals surface area contributed by atoms with Crippen molar-refractivity contribution in [2.75, 3.05) is 58.9 Å². The number of nitrogens with zero attached hydrogens (tertiary/aromatic N) is 2. The van der Waals surface area contributed by atoms with Gasteiger partial charge in [0.05, 0.1) is 33.0 Å². The van der Waals surface area contributed by atoms with Crippen molar-refractivity contribution in [2.45, 2.75) is 19.9 Å². The molecule has 0 spiro atoms. The van der Waals surface area contributed by atoms with Crippen molar-refractivity contribution in [2.24, 2.45) is 4.99 Å². The molecule has 1 unspecified atom stereocenters. The smallest absolute Gasteiger partial charge is 0.195 e. The average molecular weight is 544 g/mol. The summed E-state index contributed by atoms with van der Waals surface area (Å²) < 4.78 is 22.5. The molecular formula is C22H33IN4O4. The predicted molar refractivity (Wildman–Crippen MR) is 133 cm³/mol. The summed E-state index contributed by atoms with van der Waals surface area (Å²) in [6.45, 7) is 8.33. The Labute approximate surface area is 201 Å². The maximum Gasteiger partial charge on any atom is 0.195 e. The van der Waals surface area contributed by atoms with Gasteiger partial charge in [0.1, 0.15) is 11.5 Å². The zero-order chi connectivity index (χ0) is 21.3. The predicted octanol–water partition coefficient (Wildman–Crippen LogP) is 3.67. The third-order valence-corrected chi connectivity index (χ3v) is 4.99. The normalized spacial score (nSPS) is 15.7. The Hall–Kier alpha value is -1.98. The van der Waals surface area contributed by atoms with Crippen molar-refractivity contribution >= 4 is 35.6 Å². The zero-order valence-electron chi connectivity index (χ0n) is 18.6. The molecule has 0 radical (unpaired) electrons. The van der Waals surface area contributed by atoms with Crippen LogP contribution < -0.4 is 20.1 Å². The molecule has 1 atom stereocenters. The fraction of sp³-hybridized carbons (Fsp3) is 0.500. The quantitative estimate of drug-likeness (QED) is 0.298. The molecule has 2 heterocycles. The minimum Gasteiger partial charge on any atom is -0.493 e. The molecule has 172 valence electrons. The first-order valence-corrected chi connectivity index (χ1v) is 10.3. The number of nitrogens with one attached hydrogen (secondary N) is 2. The van der Waals surface area contributed by atoms with Crippen molar-refractivity contribution in [3.05, 3.63) is 41.9 Å². The summed E-state index contributed by atoms with van der Waals surface area (Å²) in [4.78, 5) is 6.74. The first kappa shape index (κ1) is 25.3. The van der Waals surface area contributed by atoms with Crippen molar-refractivity contribution in [1.82, 2.24) is 10.2 Å². The van der Waals surface area contributed by atoms with E-state index in [0.717, 1.165) is 43.5 Å². The Bertz CT molecular complexity index is 837. The molecule has 9 heteroatoms. The Morgan fingerprint density at radius 2 is 1.97 bits per heavy atom. The van der Waals surface area contributed by atoms with Gasteiger partial charge < -0.3 is 29.3 Å². The fourth-order valence-corrected chi connectivity index (χ4v) is 3.46. The number of guanidine groups is 1. The summed E-state index contributed by atoms with van der Waals surface area (Å²) in [7, 11) is 3.39. The van der Waals surface area contributed by atoms with Crippen LogP contribution in [0.4, 0.5) is 5.69 Å². The molecule has 1 fully saturated rings. The molecule has 0 saturated carbocycles. The molecule has 0 aliphatic carbocycles. The van der Waals surface area contributed by atoms with Crippen LogP contribution in [0.3, 0.4) is 0 Å². The fourth-order valence-electron chi connectivity index (χ4n) is 3.46. The van der Waals surface area contributed by atoms with Gasteiger partial charge in [0.2, 0.25) is 0 Å². The van der Waals surface area contributed by atoms with Crippen molar-refractivity contribution < 1.29 is 18.6 Å². The van der Waals surface area contributed by atoms with Gasteiger partial charge in [0, 0.05) is 38.4 Å². The zero-order valence-corrected chi connectivity index (χ0v) is 21.0. The monoisotopic (exact) mass is 544 g/mol. The molecule has 1 aromatic heterocycles. The summed E-state index contributed by atoms with van der Waals surface area (Å²) in [5.41, 5.74) is 0.865. The van der Waals surface area contributed by atoms with Crippen molar-refractivity contribution in [3.63, 3.8) is 0 Å². The van der Waals surface area contributed by atoms with Gasteiger partial charge in [-0.15, -0.1) is 24.0 Å². The highest BCUT2D eigenvalue weighted by Crippen LogP contribution is 2.30. The largest absolute Gasteiger partial charge is 0.493 e. The highest BCUT2D eigenvalue weighted by molar-refractivity contribution is 14.0. The third-order valence-electron chi connectivity index (χ3n) is 4.99. The van der Waals surface area contributed by atoms with E-state index in [1.165, 1.54) is 0 Å². The SMILES string of the molecule is CCOc1cc(NC(=NC)NCC(c2ccc(C)o2)N2CCOCC2)ccc1OC.I. The molecule has 2 aromatic rings. The average Bonchev–Trinajstić information content (AvgIpc) is 3.20. The number of morpholine rings is 1. The van der Waals surface area contributed by atoms with Crippen LogP contribution in [0.5, 0.6) is 11.5 Å². The van der Waals surface area contributed by atoms with E-state index in [-0.39, 0.29) is 30.0 Å². The highest BCUT2D eigenvalue weighted by Gasteiger charge is 2.25. The number of ether oxygens (including phenoxy) is 3. The van der Waals surface area contributed by atoms with E-state index in [0.29, 0.717) is 30.6 Å². The van der Waals surface area contributed by atoms with E-state index in [4.69, 9.17) is 18.6 Å². The van der Waals surface area contributed by atoms with E-state index < -0.39 is 0 Å². The van der Waals surface area contributed by atoms with Crippen LogP contribution in [0.1, 0.15) is 24.5 Å². The summed E-state index contributed by atoms with van der Waals surface area (Å²) >= 11 is 0. The molecule has 2 N–H and O–H groups in total. The van der Waals surface area contributed by atoms with E-state index in [9.17, 15) is 0 Å². The van der Waals surface area contributed by atoms with Gasteiger partial charge in [0.25, 0.3) is 0 Å². The number of furan rings is 1. The second kappa shape index (κ2) is 12.8. The lowest BCUT2D eigenvalue weighted by Gasteiger charge is -2.33. The van der Waals surface area contributed by atoms with Crippen LogP contribution in [-0.2, 0) is 4.74 Å². The Morgan fingerprint density at radius 3 is 2.58 bits per heavy atom. The van der Waals surface area contributed by atoms with Crippen molar-refractivity contribution in [3.8, 4) is 11.5 Å². The van der Waals surface area contributed by atoms with Gasteiger partial charge in [-0.25, -0.2) is 0 Å². The lowest BCUT2D eigenvalue weighted by Crippen LogP contribution is -2.44. The standard InChI is InChI=1S/C22H32N4O4.HI/c1-5-29-21-14-17(7-9-20(21)27-4)25-22(23-3)24-15-18(19-8-6-16(2)30-19)26-10-12-28-13-11-26;/h6-9,14,18H,5,10-13,15H2,1-4H3,(H2,23,24,25);1H. The van der Waals surface area contributed by atoms with Gasteiger partial charge in [-0.3, -0.25) is 9.89 Å². The van der Waals surface area contributed by atoms with Crippen LogP contribution in [0.25, 0.3) is 0 Å².